The van der Waals surface area contributed by atoms with Crippen molar-refractivity contribution in [3.63, 3.8) is 0 Å². The summed E-state index contributed by atoms with van der Waals surface area (Å²) in [7, 11) is 0. The predicted octanol–water partition coefficient (Wildman–Crippen LogP) is 1.32. The van der Waals surface area contributed by atoms with Gasteiger partial charge in [-0.1, -0.05) is 11.6 Å². The number of nitrogen functional groups attached to an aromatic ring is 2. The van der Waals surface area contributed by atoms with Crippen molar-refractivity contribution < 1.29 is 4.79 Å². The van der Waals surface area contributed by atoms with Gasteiger partial charge in [0.1, 0.15) is 0 Å². The fraction of sp³-hybridized carbons (Fsp3) is 0. The molecule has 4 N–H and O–H groups in total. The van der Waals surface area contributed by atoms with Gasteiger partial charge in [-0.3, -0.25) is 4.79 Å². The molecule has 11 heavy (non-hydrogen) atoms. The number of anilines is 2. The van der Waals surface area contributed by atoms with Crippen LogP contribution in [0.1, 0.15) is 10.4 Å². The highest BCUT2D eigenvalue weighted by Crippen LogP contribution is 2.27. The van der Waals surface area contributed by atoms with Gasteiger partial charge >= 0.3 is 0 Å². The number of aldehydes is 1. The van der Waals surface area contributed by atoms with Crippen LogP contribution in [0, 0.1) is 0 Å². The lowest BCUT2D eigenvalue weighted by Crippen LogP contribution is -1.97. The number of carbonyl (C=O) groups excluding carboxylic acids is 1. The Bertz CT molecular complexity index is 299. The molecule has 1 aromatic carbocycles. The van der Waals surface area contributed by atoms with Gasteiger partial charge in [-0.15, -0.1) is 0 Å². The molecule has 0 aliphatic carbocycles. The van der Waals surface area contributed by atoms with E-state index in [0.29, 0.717) is 17.5 Å². The second-order valence-corrected chi connectivity index (χ2v) is 2.47. The molecule has 1 aromatic rings. The standard InChI is InChI=1S/C7H7ClN2O/c8-6-4(3-11)1-2-5(9)7(6)10/h1-3H,9-10H2. The molecule has 3 nitrogen and oxygen atoms in total. The monoisotopic (exact) mass is 170 g/mol. The summed E-state index contributed by atoms with van der Waals surface area (Å²) in [6.07, 6.45) is 0.637. The number of hydrogen-bond acceptors (Lipinski definition) is 3. The third-order valence-electron chi connectivity index (χ3n) is 1.37. The zero-order valence-electron chi connectivity index (χ0n) is 5.67. The summed E-state index contributed by atoms with van der Waals surface area (Å²) in [5, 5.41) is 0.222. The molecule has 0 heterocycles. The Morgan fingerprint density at radius 3 is 2.55 bits per heavy atom. The lowest BCUT2D eigenvalue weighted by molar-refractivity contribution is 0.112. The van der Waals surface area contributed by atoms with Crippen molar-refractivity contribution in [2.45, 2.75) is 0 Å². The van der Waals surface area contributed by atoms with Gasteiger partial charge in [-0.05, 0) is 12.1 Å². The van der Waals surface area contributed by atoms with Crippen molar-refractivity contribution in [1.29, 1.82) is 0 Å². The van der Waals surface area contributed by atoms with Crippen LogP contribution in [0.5, 0.6) is 0 Å². The first kappa shape index (κ1) is 7.88. The number of carbonyl (C=O) groups is 1. The van der Waals surface area contributed by atoms with E-state index in [-0.39, 0.29) is 10.7 Å². The number of hydrogen-bond donors (Lipinski definition) is 2. The van der Waals surface area contributed by atoms with Gasteiger partial charge in [0.25, 0.3) is 0 Å². The molecule has 0 aromatic heterocycles. The summed E-state index contributed by atoms with van der Waals surface area (Å²) in [5.41, 5.74) is 11.9. The third kappa shape index (κ3) is 1.28. The number of halogens is 1. The van der Waals surface area contributed by atoms with Crippen molar-refractivity contribution >= 4 is 29.3 Å². The largest absolute Gasteiger partial charge is 0.397 e. The second-order valence-electron chi connectivity index (χ2n) is 2.09. The molecule has 0 fully saturated rings. The van der Waals surface area contributed by atoms with Crippen molar-refractivity contribution in [1.82, 2.24) is 0 Å². The first-order valence-corrected chi connectivity index (χ1v) is 3.33. The van der Waals surface area contributed by atoms with Crippen molar-refractivity contribution in [3.8, 4) is 0 Å². The Kier molecular flexibility index (Phi) is 2.01. The molecule has 1 rings (SSSR count). The highest BCUT2D eigenvalue weighted by Gasteiger charge is 2.04. The Morgan fingerprint density at radius 1 is 1.36 bits per heavy atom. The number of benzene rings is 1. The zero-order chi connectivity index (χ0) is 8.43. The van der Waals surface area contributed by atoms with E-state index in [4.69, 9.17) is 23.1 Å². The van der Waals surface area contributed by atoms with Gasteiger partial charge in [-0.25, -0.2) is 0 Å². The molecule has 0 radical (unpaired) electrons. The normalized spacial score (nSPS) is 9.55. The summed E-state index contributed by atoms with van der Waals surface area (Å²) >= 11 is 5.66. The fourth-order valence-corrected chi connectivity index (χ4v) is 0.932. The van der Waals surface area contributed by atoms with Gasteiger partial charge in [0.05, 0.1) is 16.4 Å². The van der Waals surface area contributed by atoms with Gasteiger partial charge in [0, 0.05) is 5.56 Å². The van der Waals surface area contributed by atoms with E-state index in [1.165, 1.54) is 6.07 Å². The molecule has 0 spiro atoms. The van der Waals surface area contributed by atoms with Gasteiger partial charge in [0.2, 0.25) is 0 Å². The Labute approximate surface area is 68.9 Å². The zero-order valence-corrected chi connectivity index (χ0v) is 6.43. The quantitative estimate of drug-likeness (QED) is 0.493. The van der Waals surface area contributed by atoms with Crippen molar-refractivity contribution in [3.05, 3.63) is 22.7 Å². The van der Waals surface area contributed by atoms with E-state index in [0.717, 1.165) is 0 Å². The average molecular weight is 171 g/mol. The summed E-state index contributed by atoms with van der Waals surface area (Å²) in [5.74, 6) is 0. The van der Waals surface area contributed by atoms with Crippen molar-refractivity contribution in [2.24, 2.45) is 0 Å². The molecule has 58 valence electrons. The maximum atomic E-state index is 10.3. The maximum Gasteiger partial charge on any atom is 0.151 e. The smallest absolute Gasteiger partial charge is 0.151 e. The molecule has 0 aliphatic heterocycles. The highest BCUT2D eigenvalue weighted by molar-refractivity contribution is 6.36. The van der Waals surface area contributed by atoms with E-state index in [1.807, 2.05) is 0 Å². The Morgan fingerprint density at radius 2 is 2.00 bits per heavy atom. The predicted molar refractivity (Wildman–Crippen MR) is 45.7 cm³/mol. The topological polar surface area (TPSA) is 69.1 Å². The van der Waals surface area contributed by atoms with E-state index < -0.39 is 0 Å². The Balaban J connectivity index is 3.36. The first-order valence-electron chi connectivity index (χ1n) is 2.95. The van der Waals surface area contributed by atoms with E-state index in [1.54, 1.807) is 6.07 Å². The molecular formula is C7H7ClN2O. The van der Waals surface area contributed by atoms with Crippen LogP contribution in [0.25, 0.3) is 0 Å². The summed E-state index contributed by atoms with van der Waals surface area (Å²) in [4.78, 5) is 10.3. The highest BCUT2D eigenvalue weighted by atomic mass is 35.5. The van der Waals surface area contributed by atoms with Crippen LogP contribution in [0.2, 0.25) is 5.02 Å². The lowest BCUT2D eigenvalue weighted by Gasteiger charge is -2.02. The minimum atomic E-state index is 0.222. The molecule has 0 aliphatic rings. The lowest BCUT2D eigenvalue weighted by atomic mass is 10.2. The SMILES string of the molecule is Nc1ccc(C=O)c(Cl)c1N. The minimum Gasteiger partial charge on any atom is -0.397 e. The third-order valence-corrected chi connectivity index (χ3v) is 1.79. The molecular weight excluding hydrogens is 164 g/mol. The van der Waals surface area contributed by atoms with Crippen LogP contribution in [-0.4, -0.2) is 6.29 Å². The van der Waals surface area contributed by atoms with Crippen LogP contribution < -0.4 is 11.5 Å². The summed E-state index contributed by atoms with van der Waals surface area (Å²) < 4.78 is 0. The van der Waals surface area contributed by atoms with Crippen molar-refractivity contribution in [2.75, 3.05) is 11.5 Å². The van der Waals surface area contributed by atoms with Crippen LogP contribution in [0.3, 0.4) is 0 Å². The molecule has 0 unspecified atom stereocenters. The van der Waals surface area contributed by atoms with Gasteiger partial charge in [0.15, 0.2) is 6.29 Å². The second kappa shape index (κ2) is 2.80. The Hall–Kier alpha value is -1.22. The molecule has 0 atom stereocenters. The number of nitrogens with two attached hydrogens (primary N) is 2. The van der Waals surface area contributed by atoms with Gasteiger partial charge < -0.3 is 11.5 Å². The molecule has 0 amide bonds. The van der Waals surface area contributed by atoms with Crippen LogP contribution in [0.15, 0.2) is 12.1 Å². The first-order chi connectivity index (χ1) is 5.16. The molecule has 0 saturated heterocycles. The molecule has 0 bridgehead atoms. The number of rotatable bonds is 1. The van der Waals surface area contributed by atoms with Crippen LogP contribution >= 0.6 is 11.6 Å². The van der Waals surface area contributed by atoms with Crippen LogP contribution in [0.4, 0.5) is 11.4 Å². The molecule has 4 heteroatoms. The van der Waals surface area contributed by atoms with E-state index in [9.17, 15) is 4.79 Å². The fourth-order valence-electron chi connectivity index (χ4n) is 0.716. The van der Waals surface area contributed by atoms with E-state index in [2.05, 4.69) is 0 Å². The van der Waals surface area contributed by atoms with Crippen LogP contribution in [-0.2, 0) is 0 Å². The summed E-state index contributed by atoms with van der Waals surface area (Å²) in [6.45, 7) is 0. The summed E-state index contributed by atoms with van der Waals surface area (Å²) in [6, 6.07) is 3.08. The molecule has 0 saturated carbocycles. The van der Waals surface area contributed by atoms with Gasteiger partial charge in [-0.2, -0.15) is 0 Å². The van der Waals surface area contributed by atoms with E-state index >= 15 is 0 Å². The minimum absolute atomic E-state index is 0.222. The maximum absolute atomic E-state index is 10.3. The average Bonchev–Trinajstić information content (AvgIpc) is 2.01.